The molecule has 0 aliphatic rings. The summed E-state index contributed by atoms with van der Waals surface area (Å²) in [5, 5.41) is 18.1. The Morgan fingerprint density at radius 3 is 2.52 bits per heavy atom. The molecule has 128 valence electrons. The number of carboxylic acid groups (broad SMARTS) is 1. The van der Waals surface area contributed by atoms with Crippen molar-refractivity contribution in [2.45, 2.75) is 20.3 Å². The second-order valence-corrected chi connectivity index (χ2v) is 5.46. The first-order valence-corrected chi connectivity index (χ1v) is 7.66. The minimum atomic E-state index is -1.01. The normalized spacial score (nSPS) is 12.2. The van der Waals surface area contributed by atoms with Gasteiger partial charge in [-0.1, -0.05) is 6.92 Å². The third kappa shape index (κ3) is 5.65. The van der Waals surface area contributed by atoms with Gasteiger partial charge in [0.05, 0.1) is 20.1 Å². The van der Waals surface area contributed by atoms with E-state index in [-0.39, 0.29) is 18.8 Å². The van der Waals surface area contributed by atoms with E-state index in [1.165, 1.54) is 0 Å². The zero-order chi connectivity index (χ0) is 17.4. The Bertz CT molecular complexity index is 544. The monoisotopic (exact) mass is 323 g/mol. The number of hydrogen-bond donors (Lipinski definition) is 2. The number of aliphatic hydroxyl groups is 1. The Morgan fingerprint density at radius 1 is 1.35 bits per heavy atom. The molecular weight excluding hydrogens is 298 g/mol. The fourth-order valence-corrected chi connectivity index (χ4v) is 2.55. The molecule has 1 aromatic rings. The maximum Gasteiger partial charge on any atom is 0.304 e. The molecule has 0 aromatic heterocycles. The number of rotatable bonds is 10. The Balaban J connectivity index is 2.98. The lowest BCUT2D eigenvalue weighted by molar-refractivity contribution is -0.137. The molecule has 1 rings (SSSR count). The Kier molecular flexibility index (Phi) is 7.71. The smallest absolute Gasteiger partial charge is 0.304 e. The van der Waals surface area contributed by atoms with E-state index < -0.39 is 11.9 Å². The van der Waals surface area contributed by atoms with E-state index in [4.69, 9.17) is 14.9 Å². The van der Waals surface area contributed by atoms with Crippen molar-refractivity contribution in [2.24, 2.45) is 5.92 Å². The van der Waals surface area contributed by atoms with Gasteiger partial charge in [0.1, 0.15) is 5.75 Å². The summed E-state index contributed by atoms with van der Waals surface area (Å²) in [4.78, 5) is 25.7. The van der Waals surface area contributed by atoms with Gasteiger partial charge in [-0.15, -0.1) is 0 Å². The zero-order valence-electron chi connectivity index (χ0n) is 13.9. The summed E-state index contributed by atoms with van der Waals surface area (Å²) in [7, 11) is 1.56. The van der Waals surface area contributed by atoms with Gasteiger partial charge >= 0.3 is 5.97 Å². The highest BCUT2D eigenvalue weighted by atomic mass is 16.5. The third-order valence-corrected chi connectivity index (χ3v) is 3.81. The van der Waals surface area contributed by atoms with E-state index in [1.54, 1.807) is 25.3 Å². The molecule has 1 unspecified atom stereocenters. The molecule has 0 radical (unpaired) electrons. The molecule has 1 aromatic carbocycles. The molecule has 0 spiro atoms. The number of methoxy groups -OCH3 is 1. The van der Waals surface area contributed by atoms with E-state index in [0.29, 0.717) is 30.9 Å². The lowest BCUT2D eigenvalue weighted by atomic mass is 9.93. The Labute approximate surface area is 136 Å². The summed E-state index contributed by atoms with van der Waals surface area (Å²) >= 11 is 0. The van der Waals surface area contributed by atoms with Crippen LogP contribution in [0.1, 0.15) is 29.3 Å². The fraction of sp³-hybridized carbons (Fsp3) is 0.529. The van der Waals surface area contributed by atoms with Crippen molar-refractivity contribution in [3.63, 3.8) is 0 Å². The lowest BCUT2D eigenvalue weighted by Gasteiger charge is -2.24. The summed E-state index contributed by atoms with van der Waals surface area (Å²) in [6.07, 6.45) is -0.230. The number of Topliss-reactive ketones (excluding diaryl/α,β-unsaturated/α-hetero) is 1. The van der Waals surface area contributed by atoms with Crippen LogP contribution in [0.5, 0.6) is 5.75 Å². The van der Waals surface area contributed by atoms with Gasteiger partial charge in [-0.25, -0.2) is 0 Å². The van der Waals surface area contributed by atoms with Crippen molar-refractivity contribution < 1.29 is 24.5 Å². The molecule has 0 saturated carbocycles. The number of likely N-dealkylation sites (N-methyl/N-ethyl adjacent to an activating group) is 1. The van der Waals surface area contributed by atoms with Crippen LogP contribution in [-0.2, 0) is 4.79 Å². The molecule has 1 atom stereocenters. The van der Waals surface area contributed by atoms with Gasteiger partial charge in [0.2, 0.25) is 0 Å². The molecule has 2 N–H and O–H groups in total. The second-order valence-electron chi connectivity index (χ2n) is 5.46. The first kappa shape index (κ1) is 19.1. The number of aliphatic carboxylic acids is 1. The molecule has 23 heavy (non-hydrogen) atoms. The van der Waals surface area contributed by atoms with Crippen LogP contribution in [0.4, 0.5) is 0 Å². The fourth-order valence-electron chi connectivity index (χ4n) is 2.55. The highest BCUT2D eigenvalue weighted by Crippen LogP contribution is 2.22. The number of aryl methyl sites for hydroxylation is 1. The SMILES string of the molecule is CCN(CCO)CC(CC(=O)O)C(=O)c1ccc(OC)c(C)c1. The third-order valence-electron chi connectivity index (χ3n) is 3.81. The van der Waals surface area contributed by atoms with Crippen LogP contribution in [-0.4, -0.2) is 60.2 Å². The molecule has 6 heteroatoms. The molecule has 0 aliphatic carbocycles. The van der Waals surface area contributed by atoms with Gasteiger partial charge < -0.3 is 19.8 Å². The zero-order valence-corrected chi connectivity index (χ0v) is 13.9. The van der Waals surface area contributed by atoms with Crippen molar-refractivity contribution in [3.8, 4) is 5.75 Å². The average molecular weight is 323 g/mol. The second kappa shape index (κ2) is 9.27. The van der Waals surface area contributed by atoms with Crippen molar-refractivity contribution in [1.82, 2.24) is 4.90 Å². The molecule has 0 saturated heterocycles. The maximum absolute atomic E-state index is 12.7. The van der Waals surface area contributed by atoms with Crippen LogP contribution in [0.3, 0.4) is 0 Å². The van der Waals surface area contributed by atoms with Crippen LogP contribution in [0.2, 0.25) is 0 Å². The molecule has 0 amide bonds. The maximum atomic E-state index is 12.7. The predicted molar refractivity (Wildman–Crippen MR) is 87.0 cm³/mol. The number of ether oxygens (including phenoxy) is 1. The molecule has 0 bridgehead atoms. The van der Waals surface area contributed by atoms with Crippen LogP contribution < -0.4 is 4.74 Å². The minimum absolute atomic E-state index is 0.0243. The predicted octanol–water partition coefficient (Wildman–Crippen LogP) is 1.59. The number of ketones is 1. The number of aliphatic hydroxyl groups excluding tert-OH is 1. The standard InChI is InChI=1S/C17H25NO5/c1-4-18(7-8-19)11-14(10-16(20)21)17(22)13-5-6-15(23-3)12(2)9-13/h5-6,9,14,19H,4,7-8,10-11H2,1-3H3,(H,20,21). The molecule has 6 nitrogen and oxygen atoms in total. The molecule has 0 fully saturated rings. The van der Waals surface area contributed by atoms with Crippen LogP contribution >= 0.6 is 0 Å². The first-order chi connectivity index (χ1) is 10.9. The van der Waals surface area contributed by atoms with Gasteiger partial charge in [-0.3, -0.25) is 9.59 Å². The lowest BCUT2D eigenvalue weighted by Crippen LogP contribution is -2.36. The van der Waals surface area contributed by atoms with E-state index in [9.17, 15) is 9.59 Å². The van der Waals surface area contributed by atoms with Gasteiger partial charge in [0.15, 0.2) is 5.78 Å². The highest BCUT2D eigenvalue weighted by Gasteiger charge is 2.25. The first-order valence-electron chi connectivity index (χ1n) is 7.66. The molecule has 0 heterocycles. The van der Waals surface area contributed by atoms with E-state index in [0.717, 1.165) is 5.56 Å². The number of carbonyl (C=O) groups excluding carboxylic acids is 1. The van der Waals surface area contributed by atoms with Gasteiger partial charge in [0.25, 0.3) is 0 Å². The summed E-state index contributed by atoms with van der Waals surface area (Å²) in [6.45, 7) is 5.10. The quantitative estimate of drug-likeness (QED) is 0.636. The van der Waals surface area contributed by atoms with Crippen LogP contribution in [0, 0.1) is 12.8 Å². The minimum Gasteiger partial charge on any atom is -0.496 e. The van der Waals surface area contributed by atoms with Crippen molar-refractivity contribution in [1.29, 1.82) is 0 Å². The van der Waals surface area contributed by atoms with E-state index in [1.807, 2.05) is 18.7 Å². The average Bonchev–Trinajstić information content (AvgIpc) is 2.52. The van der Waals surface area contributed by atoms with Crippen LogP contribution in [0.25, 0.3) is 0 Å². The molecule has 0 aliphatic heterocycles. The highest BCUT2D eigenvalue weighted by molar-refractivity contribution is 5.99. The van der Waals surface area contributed by atoms with Crippen molar-refractivity contribution >= 4 is 11.8 Å². The molecular formula is C17H25NO5. The Morgan fingerprint density at radius 2 is 2.04 bits per heavy atom. The number of carboxylic acids is 1. The topological polar surface area (TPSA) is 87.1 Å². The van der Waals surface area contributed by atoms with E-state index in [2.05, 4.69) is 0 Å². The van der Waals surface area contributed by atoms with Crippen molar-refractivity contribution in [3.05, 3.63) is 29.3 Å². The number of nitrogens with zero attached hydrogens (tertiary/aromatic N) is 1. The summed E-state index contributed by atoms with van der Waals surface area (Å²) in [5.41, 5.74) is 1.31. The Hall–Kier alpha value is -1.92. The number of benzene rings is 1. The van der Waals surface area contributed by atoms with Crippen molar-refractivity contribution in [2.75, 3.05) is 33.4 Å². The summed E-state index contributed by atoms with van der Waals surface area (Å²) in [6, 6.07) is 5.09. The van der Waals surface area contributed by atoms with Gasteiger partial charge in [-0.05, 0) is 37.2 Å². The van der Waals surface area contributed by atoms with Gasteiger partial charge in [0, 0.05) is 24.6 Å². The largest absolute Gasteiger partial charge is 0.496 e. The van der Waals surface area contributed by atoms with Crippen LogP contribution in [0.15, 0.2) is 18.2 Å². The van der Waals surface area contributed by atoms with Gasteiger partial charge in [-0.2, -0.15) is 0 Å². The summed E-state index contributed by atoms with van der Waals surface area (Å²) in [5.74, 6) is -1.17. The number of hydrogen-bond acceptors (Lipinski definition) is 5. The van der Waals surface area contributed by atoms with E-state index >= 15 is 0 Å². The number of carbonyl (C=O) groups is 2. The summed E-state index contributed by atoms with van der Waals surface area (Å²) < 4.78 is 5.18.